The minimum absolute atomic E-state index is 0.349. The van der Waals surface area contributed by atoms with E-state index in [0.717, 1.165) is 18.9 Å². The van der Waals surface area contributed by atoms with E-state index < -0.39 is 0 Å². The van der Waals surface area contributed by atoms with E-state index in [9.17, 15) is 0 Å². The van der Waals surface area contributed by atoms with Crippen LogP contribution < -0.4 is 5.32 Å². The molecule has 0 rings (SSSR count). The van der Waals surface area contributed by atoms with E-state index in [4.69, 9.17) is 0 Å². The Bertz CT molecular complexity index is 198. The van der Waals surface area contributed by atoms with Crippen molar-refractivity contribution in [1.82, 2.24) is 5.32 Å². The summed E-state index contributed by atoms with van der Waals surface area (Å²) < 4.78 is 0. The minimum Gasteiger partial charge on any atom is -0.389 e. The number of allylic oxidation sites excluding steroid dienone is 1. The molecule has 0 aromatic rings. The summed E-state index contributed by atoms with van der Waals surface area (Å²) in [5.41, 5.74) is 1.54. The molecule has 0 aliphatic rings. The van der Waals surface area contributed by atoms with Crippen molar-refractivity contribution in [3.05, 3.63) is 12.3 Å². The van der Waals surface area contributed by atoms with Crippen LogP contribution in [0.2, 0.25) is 0 Å². The highest BCUT2D eigenvalue weighted by molar-refractivity contribution is 4.94. The number of hydrogen-bond acceptors (Lipinski definition) is 1. The van der Waals surface area contributed by atoms with Gasteiger partial charge in [-0.1, -0.05) is 66.9 Å². The number of hydrogen-bond donors (Lipinski definition) is 1. The molecule has 0 bridgehead atoms. The molecule has 0 unspecified atom stereocenters. The maximum absolute atomic E-state index is 4.09. The molecule has 0 aliphatic heterocycles. The van der Waals surface area contributed by atoms with Gasteiger partial charge in [-0.05, 0) is 24.2 Å². The van der Waals surface area contributed by atoms with Crippen LogP contribution in [0.15, 0.2) is 12.3 Å². The fraction of sp³-hybridized carbons (Fsp3) is 0.875. The van der Waals surface area contributed by atoms with Gasteiger partial charge in [-0.2, -0.15) is 0 Å². The Kier molecular flexibility index (Phi) is 8.37. The Hall–Kier alpha value is -0.460. The van der Waals surface area contributed by atoms with E-state index in [1.165, 1.54) is 37.8 Å². The molecule has 0 radical (unpaired) electrons. The van der Waals surface area contributed by atoms with Gasteiger partial charge < -0.3 is 5.32 Å². The van der Waals surface area contributed by atoms with Crippen molar-refractivity contribution in [2.75, 3.05) is 6.54 Å². The van der Waals surface area contributed by atoms with Gasteiger partial charge in [0.25, 0.3) is 0 Å². The molecule has 0 saturated heterocycles. The Labute approximate surface area is 109 Å². The zero-order chi connectivity index (χ0) is 13.3. The average Bonchev–Trinajstić information content (AvgIpc) is 2.12. The van der Waals surface area contributed by atoms with Crippen LogP contribution in [0.3, 0.4) is 0 Å². The van der Waals surface area contributed by atoms with Crippen LogP contribution in [0.4, 0.5) is 0 Å². The number of rotatable bonds is 9. The van der Waals surface area contributed by atoms with Gasteiger partial charge in [-0.25, -0.2) is 0 Å². The summed E-state index contributed by atoms with van der Waals surface area (Å²) in [6.07, 6.45) is 7.85. The van der Waals surface area contributed by atoms with E-state index in [-0.39, 0.29) is 0 Å². The molecule has 1 heteroatoms. The van der Waals surface area contributed by atoms with Crippen LogP contribution in [0, 0.1) is 11.3 Å². The molecule has 0 aromatic carbocycles. The second-order valence-electron chi connectivity index (χ2n) is 6.86. The third-order valence-electron chi connectivity index (χ3n) is 2.83. The summed E-state index contributed by atoms with van der Waals surface area (Å²) in [4.78, 5) is 0. The molecule has 1 nitrogen and oxygen atoms in total. The smallest absolute Gasteiger partial charge is 0.0143 e. The quantitative estimate of drug-likeness (QED) is 0.550. The van der Waals surface area contributed by atoms with Crippen LogP contribution >= 0.6 is 0 Å². The molecule has 17 heavy (non-hydrogen) atoms. The predicted molar refractivity (Wildman–Crippen MR) is 79.1 cm³/mol. The molecule has 0 aliphatic carbocycles. The molecule has 0 saturated carbocycles. The van der Waals surface area contributed by atoms with Crippen molar-refractivity contribution >= 4 is 0 Å². The van der Waals surface area contributed by atoms with E-state index in [0.29, 0.717) is 5.41 Å². The lowest BCUT2D eigenvalue weighted by molar-refractivity contribution is 0.397. The van der Waals surface area contributed by atoms with Crippen LogP contribution in [-0.2, 0) is 0 Å². The molecule has 0 atom stereocenters. The zero-order valence-electron chi connectivity index (χ0n) is 12.7. The molecular weight excluding hydrogens is 206 g/mol. The molecular formula is C16H33N. The monoisotopic (exact) mass is 239 g/mol. The van der Waals surface area contributed by atoms with E-state index in [1.807, 2.05) is 0 Å². The third kappa shape index (κ3) is 13.5. The SMILES string of the molecule is C=C(CC(C)(C)C)NCCCCCCC(C)C. The Morgan fingerprint density at radius 2 is 1.65 bits per heavy atom. The lowest BCUT2D eigenvalue weighted by Gasteiger charge is -2.20. The Balaban J connectivity index is 3.31. The fourth-order valence-electron chi connectivity index (χ4n) is 2.00. The maximum Gasteiger partial charge on any atom is 0.0143 e. The third-order valence-corrected chi connectivity index (χ3v) is 2.83. The van der Waals surface area contributed by atoms with Crippen LogP contribution in [0.1, 0.15) is 73.1 Å². The van der Waals surface area contributed by atoms with Crippen molar-refractivity contribution in [2.45, 2.75) is 73.1 Å². The van der Waals surface area contributed by atoms with Crippen molar-refractivity contribution in [1.29, 1.82) is 0 Å². The zero-order valence-corrected chi connectivity index (χ0v) is 12.7. The molecule has 1 N–H and O–H groups in total. The van der Waals surface area contributed by atoms with Gasteiger partial charge >= 0.3 is 0 Å². The normalized spacial score (nSPS) is 11.9. The first-order chi connectivity index (χ1) is 7.81. The molecule has 0 amide bonds. The standard InChI is InChI=1S/C16H33N/c1-14(2)11-9-7-8-10-12-17-15(3)13-16(4,5)6/h14,17H,3,7-13H2,1-2,4-6H3. The molecule has 102 valence electrons. The van der Waals surface area contributed by atoms with Crippen LogP contribution in [-0.4, -0.2) is 6.54 Å². The van der Waals surface area contributed by atoms with Gasteiger partial charge in [0.1, 0.15) is 0 Å². The van der Waals surface area contributed by atoms with Gasteiger partial charge in [0.05, 0.1) is 0 Å². The lowest BCUT2D eigenvalue weighted by Crippen LogP contribution is -2.18. The number of unbranched alkanes of at least 4 members (excludes halogenated alkanes) is 3. The highest BCUT2D eigenvalue weighted by Crippen LogP contribution is 2.21. The highest BCUT2D eigenvalue weighted by atomic mass is 14.9. The second-order valence-corrected chi connectivity index (χ2v) is 6.86. The number of nitrogens with one attached hydrogen (secondary N) is 1. The lowest BCUT2D eigenvalue weighted by atomic mass is 9.91. The molecule has 0 spiro atoms. The minimum atomic E-state index is 0.349. The van der Waals surface area contributed by atoms with Crippen LogP contribution in [0.25, 0.3) is 0 Å². The summed E-state index contributed by atoms with van der Waals surface area (Å²) in [6, 6.07) is 0. The van der Waals surface area contributed by atoms with Gasteiger partial charge in [0.2, 0.25) is 0 Å². The summed E-state index contributed by atoms with van der Waals surface area (Å²) in [7, 11) is 0. The Morgan fingerprint density at radius 1 is 1.06 bits per heavy atom. The summed E-state index contributed by atoms with van der Waals surface area (Å²) >= 11 is 0. The summed E-state index contributed by atoms with van der Waals surface area (Å²) in [5.74, 6) is 0.861. The van der Waals surface area contributed by atoms with Crippen molar-refractivity contribution < 1.29 is 0 Å². The second kappa shape index (κ2) is 8.60. The summed E-state index contributed by atoms with van der Waals surface area (Å²) in [6.45, 7) is 16.6. The maximum atomic E-state index is 4.09. The molecule has 0 aromatic heterocycles. The van der Waals surface area contributed by atoms with E-state index in [1.54, 1.807) is 0 Å². The average molecular weight is 239 g/mol. The predicted octanol–water partition coefficient (Wildman–Crippen LogP) is 5.13. The summed E-state index contributed by atoms with van der Waals surface area (Å²) in [5, 5.41) is 3.44. The van der Waals surface area contributed by atoms with Gasteiger partial charge in [-0.15, -0.1) is 0 Å². The van der Waals surface area contributed by atoms with Gasteiger partial charge in [0, 0.05) is 12.2 Å². The van der Waals surface area contributed by atoms with E-state index >= 15 is 0 Å². The topological polar surface area (TPSA) is 12.0 Å². The fourth-order valence-corrected chi connectivity index (χ4v) is 2.00. The Morgan fingerprint density at radius 3 is 2.18 bits per heavy atom. The van der Waals surface area contributed by atoms with Crippen LogP contribution in [0.5, 0.6) is 0 Å². The van der Waals surface area contributed by atoms with Crippen molar-refractivity contribution in [3.8, 4) is 0 Å². The van der Waals surface area contributed by atoms with Crippen molar-refractivity contribution in [2.24, 2.45) is 11.3 Å². The highest BCUT2D eigenvalue weighted by Gasteiger charge is 2.11. The molecule has 0 heterocycles. The van der Waals surface area contributed by atoms with Gasteiger partial charge in [-0.3, -0.25) is 0 Å². The van der Waals surface area contributed by atoms with Gasteiger partial charge in [0.15, 0.2) is 0 Å². The van der Waals surface area contributed by atoms with E-state index in [2.05, 4.69) is 46.5 Å². The van der Waals surface area contributed by atoms with Crippen molar-refractivity contribution in [3.63, 3.8) is 0 Å². The largest absolute Gasteiger partial charge is 0.389 e. The molecule has 0 fully saturated rings. The first kappa shape index (κ1) is 16.5. The first-order valence-electron chi connectivity index (χ1n) is 7.23. The first-order valence-corrected chi connectivity index (χ1v) is 7.23.